The molecule has 0 amide bonds. The van der Waals surface area contributed by atoms with E-state index in [-0.39, 0.29) is 0 Å². The zero-order valence-electron chi connectivity index (χ0n) is 9.16. The Morgan fingerprint density at radius 1 is 1.47 bits per heavy atom. The van der Waals surface area contributed by atoms with Crippen LogP contribution < -0.4 is 5.32 Å². The number of thiophene rings is 1. The molecule has 0 spiro atoms. The molecular formula is C11H17ClN2S. The maximum Gasteiger partial charge on any atom is 0.0516 e. The van der Waals surface area contributed by atoms with E-state index < -0.39 is 0 Å². The highest BCUT2D eigenvalue weighted by atomic mass is 35.5. The van der Waals surface area contributed by atoms with Gasteiger partial charge in [0, 0.05) is 42.0 Å². The Hall–Kier alpha value is -0.0900. The Morgan fingerprint density at radius 2 is 2.13 bits per heavy atom. The molecule has 1 aromatic heterocycles. The van der Waals surface area contributed by atoms with Crippen LogP contribution in [0.15, 0.2) is 11.4 Å². The SMILES string of the molecule is CC1CN(Cc2cc(Cl)cs2)CC(C)N1. The zero-order valence-corrected chi connectivity index (χ0v) is 10.7. The van der Waals surface area contributed by atoms with E-state index in [1.807, 2.05) is 5.38 Å². The molecular weight excluding hydrogens is 228 g/mol. The van der Waals surface area contributed by atoms with E-state index >= 15 is 0 Å². The predicted octanol–water partition coefficient (Wildman–Crippen LogP) is 2.58. The second-order valence-electron chi connectivity index (χ2n) is 4.39. The largest absolute Gasteiger partial charge is 0.309 e. The van der Waals surface area contributed by atoms with Gasteiger partial charge < -0.3 is 5.32 Å². The second-order valence-corrected chi connectivity index (χ2v) is 5.83. The van der Waals surface area contributed by atoms with E-state index in [0.29, 0.717) is 12.1 Å². The van der Waals surface area contributed by atoms with Gasteiger partial charge in [-0.1, -0.05) is 11.6 Å². The van der Waals surface area contributed by atoms with Gasteiger partial charge in [0.1, 0.15) is 0 Å². The third-order valence-corrected chi connectivity index (χ3v) is 3.90. The Morgan fingerprint density at radius 3 is 2.67 bits per heavy atom. The molecule has 1 N–H and O–H groups in total. The average Bonchev–Trinajstić information content (AvgIpc) is 2.49. The van der Waals surface area contributed by atoms with Gasteiger partial charge in [0.25, 0.3) is 0 Å². The molecule has 1 aliphatic heterocycles. The fraction of sp³-hybridized carbons (Fsp3) is 0.636. The summed E-state index contributed by atoms with van der Waals surface area (Å²) in [5.41, 5.74) is 0. The van der Waals surface area contributed by atoms with Gasteiger partial charge in [-0.05, 0) is 19.9 Å². The smallest absolute Gasteiger partial charge is 0.0516 e. The first-order valence-electron chi connectivity index (χ1n) is 5.35. The van der Waals surface area contributed by atoms with Gasteiger partial charge in [0.05, 0.1) is 5.02 Å². The highest BCUT2D eigenvalue weighted by Gasteiger charge is 2.20. The fourth-order valence-corrected chi connectivity index (χ4v) is 3.34. The van der Waals surface area contributed by atoms with Gasteiger partial charge in [-0.3, -0.25) is 4.90 Å². The molecule has 1 saturated heterocycles. The van der Waals surface area contributed by atoms with E-state index in [0.717, 1.165) is 24.7 Å². The third kappa shape index (κ3) is 3.18. The summed E-state index contributed by atoms with van der Waals surface area (Å²) in [5.74, 6) is 0. The van der Waals surface area contributed by atoms with Crippen molar-refractivity contribution in [2.45, 2.75) is 32.5 Å². The third-order valence-electron chi connectivity index (χ3n) is 2.63. The number of halogens is 1. The zero-order chi connectivity index (χ0) is 10.8. The molecule has 2 atom stereocenters. The highest BCUT2D eigenvalue weighted by Crippen LogP contribution is 2.21. The molecule has 4 heteroatoms. The van der Waals surface area contributed by atoms with E-state index in [2.05, 4.69) is 30.1 Å². The number of hydrogen-bond acceptors (Lipinski definition) is 3. The molecule has 0 radical (unpaired) electrons. The second kappa shape index (κ2) is 4.83. The maximum absolute atomic E-state index is 5.91. The van der Waals surface area contributed by atoms with Crippen molar-refractivity contribution in [1.82, 2.24) is 10.2 Å². The van der Waals surface area contributed by atoms with Crippen LogP contribution in [0.2, 0.25) is 5.02 Å². The number of nitrogens with zero attached hydrogens (tertiary/aromatic N) is 1. The maximum atomic E-state index is 5.91. The van der Waals surface area contributed by atoms with Crippen LogP contribution in [0, 0.1) is 0 Å². The number of hydrogen-bond donors (Lipinski definition) is 1. The summed E-state index contributed by atoms with van der Waals surface area (Å²) in [4.78, 5) is 3.86. The van der Waals surface area contributed by atoms with E-state index in [9.17, 15) is 0 Å². The van der Waals surface area contributed by atoms with Crippen LogP contribution in [-0.4, -0.2) is 30.1 Å². The highest BCUT2D eigenvalue weighted by molar-refractivity contribution is 7.10. The van der Waals surface area contributed by atoms with E-state index in [1.165, 1.54) is 4.88 Å². The van der Waals surface area contributed by atoms with Gasteiger partial charge in [0.2, 0.25) is 0 Å². The van der Waals surface area contributed by atoms with Crippen molar-refractivity contribution >= 4 is 22.9 Å². The van der Waals surface area contributed by atoms with Crippen LogP contribution in [0.4, 0.5) is 0 Å². The standard InChI is InChI=1S/C11H17ClN2S/c1-8-4-14(5-9(2)13-8)6-11-3-10(12)7-15-11/h3,7-9,13H,4-6H2,1-2H3. The first-order valence-corrected chi connectivity index (χ1v) is 6.60. The van der Waals surface area contributed by atoms with Crippen molar-refractivity contribution in [3.05, 3.63) is 21.3 Å². The van der Waals surface area contributed by atoms with Crippen LogP contribution in [0.3, 0.4) is 0 Å². The van der Waals surface area contributed by atoms with Crippen LogP contribution in [-0.2, 0) is 6.54 Å². The summed E-state index contributed by atoms with van der Waals surface area (Å²) in [6.07, 6.45) is 0. The quantitative estimate of drug-likeness (QED) is 0.861. The van der Waals surface area contributed by atoms with Crippen LogP contribution in [0.1, 0.15) is 18.7 Å². The number of piperazine rings is 1. The van der Waals surface area contributed by atoms with Gasteiger partial charge in [-0.25, -0.2) is 0 Å². The van der Waals surface area contributed by atoms with E-state index in [4.69, 9.17) is 11.6 Å². The monoisotopic (exact) mass is 244 g/mol. The van der Waals surface area contributed by atoms with Crippen molar-refractivity contribution in [3.8, 4) is 0 Å². The van der Waals surface area contributed by atoms with E-state index in [1.54, 1.807) is 11.3 Å². The number of nitrogens with one attached hydrogen (secondary N) is 1. The van der Waals surface area contributed by atoms with Crippen LogP contribution >= 0.6 is 22.9 Å². The minimum absolute atomic E-state index is 0.587. The fourth-order valence-electron chi connectivity index (χ4n) is 2.23. The van der Waals surface area contributed by atoms with Gasteiger partial charge in [-0.2, -0.15) is 0 Å². The van der Waals surface area contributed by atoms with Gasteiger partial charge in [0.15, 0.2) is 0 Å². The lowest BCUT2D eigenvalue weighted by molar-refractivity contribution is 0.168. The van der Waals surface area contributed by atoms with Crippen molar-refractivity contribution in [2.24, 2.45) is 0 Å². The Balaban J connectivity index is 1.94. The summed E-state index contributed by atoms with van der Waals surface area (Å²) in [7, 11) is 0. The molecule has 2 heterocycles. The summed E-state index contributed by atoms with van der Waals surface area (Å²) >= 11 is 7.67. The Labute approximate surface area is 100 Å². The van der Waals surface area contributed by atoms with Crippen molar-refractivity contribution in [1.29, 1.82) is 0 Å². The Kier molecular flexibility index (Phi) is 3.67. The first kappa shape index (κ1) is 11.4. The molecule has 84 valence electrons. The summed E-state index contributed by atoms with van der Waals surface area (Å²) in [6.45, 7) is 7.77. The molecule has 2 unspecified atom stereocenters. The molecule has 1 aromatic rings. The van der Waals surface area contributed by atoms with Crippen molar-refractivity contribution in [2.75, 3.05) is 13.1 Å². The van der Waals surface area contributed by atoms with Crippen LogP contribution in [0.5, 0.6) is 0 Å². The first-order chi connectivity index (χ1) is 7.13. The molecule has 0 saturated carbocycles. The van der Waals surface area contributed by atoms with Gasteiger partial charge in [-0.15, -0.1) is 11.3 Å². The predicted molar refractivity (Wildman–Crippen MR) is 66.7 cm³/mol. The molecule has 0 aliphatic carbocycles. The lowest BCUT2D eigenvalue weighted by Crippen LogP contribution is -2.53. The van der Waals surface area contributed by atoms with Crippen LogP contribution in [0.25, 0.3) is 0 Å². The summed E-state index contributed by atoms with van der Waals surface area (Å²) in [6, 6.07) is 3.25. The molecule has 2 rings (SSSR count). The summed E-state index contributed by atoms with van der Waals surface area (Å²) < 4.78 is 0. The molecule has 0 bridgehead atoms. The normalized spacial score (nSPS) is 28.2. The average molecular weight is 245 g/mol. The number of rotatable bonds is 2. The lowest BCUT2D eigenvalue weighted by Gasteiger charge is -2.35. The van der Waals surface area contributed by atoms with Gasteiger partial charge >= 0.3 is 0 Å². The Bertz CT molecular complexity index is 316. The minimum atomic E-state index is 0.587. The molecule has 0 aromatic carbocycles. The molecule has 1 aliphatic rings. The lowest BCUT2D eigenvalue weighted by atomic mass is 10.1. The topological polar surface area (TPSA) is 15.3 Å². The molecule has 15 heavy (non-hydrogen) atoms. The van der Waals surface area contributed by atoms with Crippen molar-refractivity contribution < 1.29 is 0 Å². The minimum Gasteiger partial charge on any atom is -0.309 e. The summed E-state index contributed by atoms with van der Waals surface area (Å²) in [5, 5.41) is 6.41. The van der Waals surface area contributed by atoms with Crippen molar-refractivity contribution in [3.63, 3.8) is 0 Å². The molecule has 1 fully saturated rings. The molecule has 2 nitrogen and oxygen atoms in total.